The average Bonchev–Trinajstić information content (AvgIpc) is 2.53. The van der Waals surface area contributed by atoms with Gasteiger partial charge in [-0.1, -0.05) is 11.8 Å². The van der Waals surface area contributed by atoms with Crippen LogP contribution < -0.4 is 0 Å². The van der Waals surface area contributed by atoms with Gasteiger partial charge in [-0.15, -0.1) is 0 Å². The molecule has 0 N–H and O–H groups in total. The second kappa shape index (κ2) is 3.67. The minimum Gasteiger partial charge on any atom is -0.377 e. The molecule has 2 heterocycles. The van der Waals surface area contributed by atoms with Crippen molar-refractivity contribution in [3.63, 3.8) is 0 Å². The van der Waals surface area contributed by atoms with Gasteiger partial charge in [0.25, 0.3) is 5.91 Å². The summed E-state index contributed by atoms with van der Waals surface area (Å²) in [5, 5.41) is 0.876. The van der Waals surface area contributed by atoms with Crippen molar-refractivity contribution < 1.29 is 9.53 Å². The number of amidine groups is 1. The second-order valence-electron chi connectivity index (χ2n) is 3.19. The van der Waals surface area contributed by atoms with Crippen LogP contribution in [-0.4, -0.2) is 47.5 Å². The topological polar surface area (TPSA) is 41.9 Å². The third-order valence-corrected chi connectivity index (χ3v) is 3.13. The number of carbonyl (C=O) groups excluding carboxylic acids is 1. The first kappa shape index (κ1) is 9.02. The quantitative estimate of drug-likeness (QED) is 0.565. The fraction of sp³-hybridized carbons (Fsp3) is 0.750. The summed E-state index contributed by atoms with van der Waals surface area (Å²) in [5.74, 6) is 0.484. The Kier molecular flexibility index (Phi) is 2.55. The van der Waals surface area contributed by atoms with Crippen molar-refractivity contribution in [2.24, 2.45) is 4.99 Å². The van der Waals surface area contributed by atoms with Crippen LogP contribution in [0.25, 0.3) is 0 Å². The molecule has 2 aliphatic rings. The monoisotopic (exact) mass is 200 g/mol. The molecule has 4 nitrogen and oxygen atoms in total. The van der Waals surface area contributed by atoms with Crippen LogP contribution in [0.3, 0.4) is 0 Å². The molecule has 0 radical (unpaired) electrons. The van der Waals surface area contributed by atoms with Crippen molar-refractivity contribution in [2.75, 3.05) is 25.5 Å². The Bertz CT molecular complexity index is 255. The van der Waals surface area contributed by atoms with Gasteiger partial charge in [-0.2, -0.15) is 4.99 Å². The van der Waals surface area contributed by atoms with Gasteiger partial charge in [-0.25, -0.2) is 0 Å². The Labute approximate surface area is 81.3 Å². The van der Waals surface area contributed by atoms with Crippen LogP contribution >= 0.6 is 11.8 Å². The molecule has 0 aromatic heterocycles. The molecule has 2 rings (SSSR count). The molecule has 5 heteroatoms. The lowest BCUT2D eigenvalue weighted by atomic mass is 10.3. The number of aliphatic imine (C=N–C) groups is 1. The molecule has 0 saturated carbocycles. The minimum atomic E-state index is -0.0151. The molecular formula is C8H12N2O2S. The summed E-state index contributed by atoms with van der Waals surface area (Å²) in [6.07, 6.45) is 0. The number of thioether (sulfide) groups is 1. The molecule has 0 aromatic carbocycles. The maximum Gasteiger partial charge on any atom is 0.258 e. The van der Waals surface area contributed by atoms with Gasteiger partial charge in [0.15, 0.2) is 5.17 Å². The van der Waals surface area contributed by atoms with Gasteiger partial charge < -0.3 is 9.64 Å². The van der Waals surface area contributed by atoms with E-state index >= 15 is 0 Å². The lowest BCUT2D eigenvalue weighted by Gasteiger charge is -2.34. The summed E-state index contributed by atoms with van der Waals surface area (Å²) in [7, 11) is 0. The first-order valence-electron chi connectivity index (χ1n) is 4.36. The highest BCUT2D eigenvalue weighted by Gasteiger charge is 2.26. The van der Waals surface area contributed by atoms with Crippen molar-refractivity contribution in [2.45, 2.75) is 13.0 Å². The number of hydrogen-bond donors (Lipinski definition) is 0. The van der Waals surface area contributed by atoms with Crippen LogP contribution in [0, 0.1) is 0 Å². The van der Waals surface area contributed by atoms with E-state index in [9.17, 15) is 4.79 Å². The number of ether oxygens (including phenoxy) is 1. The predicted molar refractivity (Wildman–Crippen MR) is 51.9 cm³/mol. The fourth-order valence-corrected chi connectivity index (χ4v) is 2.38. The molecule has 2 aliphatic heterocycles. The Balaban J connectivity index is 2.06. The maximum absolute atomic E-state index is 10.9. The standard InChI is InChI=1S/C8H12N2O2S/c1-6-4-12-3-2-10(6)8-9-7(11)5-13-8/h6H,2-5H2,1H3. The molecule has 1 saturated heterocycles. The van der Waals surface area contributed by atoms with E-state index in [4.69, 9.17) is 4.74 Å². The van der Waals surface area contributed by atoms with E-state index < -0.39 is 0 Å². The molecule has 72 valence electrons. The van der Waals surface area contributed by atoms with E-state index in [1.54, 1.807) is 0 Å². The zero-order valence-corrected chi connectivity index (χ0v) is 8.34. The van der Waals surface area contributed by atoms with Crippen LogP contribution in [0.2, 0.25) is 0 Å². The smallest absolute Gasteiger partial charge is 0.258 e. The van der Waals surface area contributed by atoms with Gasteiger partial charge in [0, 0.05) is 6.54 Å². The van der Waals surface area contributed by atoms with Crippen molar-refractivity contribution in [3.8, 4) is 0 Å². The summed E-state index contributed by atoms with van der Waals surface area (Å²) in [6, 6.07) is 0.339. The molecule has 0 aliphatic carbocycles. The fourth-order valence-electron chi connectivity index (χ4n) is 1.46. The molecule has 0 aromatic rings. The van der Waals surface area contributed by atoms with Crippen LogP contribution in [0.15, 0.2) is 4.99 Å². The molecule has 0 spiro atoms. The molecule has 1 fully saturated rings. The normalized spacial score (nSPS) is 29.3. The zero-order chi connectivity index (χ0) is 9.26. The predicted octanol–water partition coefficient (Wildman–Crippen LogP) is 0.337. The third kappa shape index (κ3) is 1.86. The molecule has 1 atom stereocenters. The second-order valence-corrected chi connectivity index (χ2v) is 4.14. The maximum atomic E-state index is 10.9. The van der Waals surface area contributed by atoms with Crippen LogP contribution in [-0.2, 0) is 9.53 Å². The van der Waals surface area contributed by atoms with E-state index in [-0.39, 0.29) is 5.91 Å². The largest absolute Gasteiger partial charge is 0.377 e. The molecular weight excluding hydrogens is 188 g/mol. The average molecular weight is 200 g/mol. The van der Waals surface area contributed by atoms with Gasteiger partial charge in [0.1, 0.15) is 0 Å². The number of nitrogens with zero attached hydrogens (tertiary/aromatic N) is 2. The summed E-state index contributed by atoms with van der Waals surface area (Å²) in [4.78, 5) is 17.1. The summed E-state index contributed by atoms with van der Waals surface area (Å²) >= 11 is 1.53. The van der Waals surface area contributed by atoms with Crippen LogP contribution in [0.5, 0.6) is 0 Å². The highest BCUT2D eigenvalue weighted by atomic mass is 32.2. The first-order chi connectivity index (χ1) is 6.27. The number of rotatable bonds is 0. The minimum absolute atomic E-state index is 0.0151. The van der Waals surface area contributed by atoms with Crippen LogP contribution in [0.1, 0.15) is 6.92 Å². The Hall–Kier alpha value is -0.550. The van der Waals surface area contributed by atoms with Crippen molar-refractivity contribution in [3.05, 3.63) is 0 Å². The first-order valence-corrected chi connectivity index (χ1v) is 5.34. The Morgan fingerprint density at radius 3 is 3.15 bits per heavy atom. The van der Waals surface area contributed by atoms with Gasteiger partial charge in [0.05, 0.1) is 25.0 Å². The molecule has 0 bridgehead atoms. The van der Waals surface area contributed by atoms with Crippen molar-refractivity contribution >= 4 is 22.8 Å². The molecule has 13 heavy (non-hydrogen) atoms. The molecule has 1 amide bonds. The van der Waals surface area contributed by atoms with Gasteiger partial charge in [-0.3, -0.25) is 4.79 Å². The SMILES string of the molecule is CC1COCCN1C1=NC(=O)CS1. The van der Waals surface area contributed by atoms with E-state index in [0.29, 0.717) is 11.8 Å². The lowest BCUT2D eigenvalue weighted by molar-refractivity contribution is -0.115. The highest BCUT2D eigenvalue weighted by Crippen LogP contribution is 2.20. The molecule has 1 unspecified atom stereocenters. The van der Waals surface area contributed by atoms with E-state index in [1.807, 2.05) is 0 Å². The number of amides is 1. The third-order valence-electron chi connectivity index (χ3n) is 2.16. The van der Waals surface area contributed by atoms with E-state index in [0.717, 1.165) is 24.9 Å². The lowest BCUT2D eigenvalue weighted by Crippen LogP contribution is -2.45. The van der Waals surface area contributed by atoms with Crippen LogP contribution in [0.4, 0.5) is 0 Å². The van der Waals surface area contributed by atoms with Gasteiger partial charge in [0.2, 0.25) is 0 Å². The van der Waals surface area contributed by atoms with E-state index in [2.05, 4.69) is 16.8 Å². The highest BCUT2D eigenvalue weighted by molar-refractivity contribution is 8.14. The van der Waals surface area contributed by atoms with Crippen molar-refractivity contribution in [1.82, 2.24) is 4.90 Å². The Morgan fingerprint density at radius 1 is 1.69 bits per heavy atom. The number of carbonyl (C=O) groups is 1. The number of morpholine rings is 1. The summed E-state index contributed by atoms with van der Waals surface area (Å²) in [6.45, 7) is 4.40. The number of hydrogen-bond acceptors (Lipinski definition) is 4. The van der Waals surface area contributed by atoms with Gasteiger partial charge >= 0.3 is 0 Å². The van der Waals surface area contributed by atoms with E-state index in [1.165, 1.54) is 11.8 Å². The Morgan fingerprint density at radius 2 is 2.54 bits per heavy atom. The zero-order valence-electron chi connectivity index (χ0n) is 7.52. The van der Waals surface area contributed by atoms with Gasteiger partial charge in [-0.05, 0) is 6.92 Å². The van der Waals surface area contributed by atoms with Crippen molar-refractivity contribution in [1.29, 1.82) is 0 Å². The summed E-state index contributed by atoms with van der Waals surface area (Å²) in [5.41, 5.74) is 0. The summed E-state index contributed by atoms with van der Waals surface area (Å²) < 4.78 is 5.31.